The molecule has 16 heavy (non-hydrogen) atoms. The Bertz CT molecular complexity index is 437. The minimum absolute atomic E-state index is 0.106. The summed E-state index contributed by atoms with van der Waals surface area (Å²) in [6, 6.07) is 8.40. The van der Waals surface area contributed by atoms with Gasteiger partial charge in [-0.3, -0.25) is 4.79 Å². The van der Waals surface area contributed by atoms with Crippen molar-refractivity contribution in [1.29, 1.82) is 0 Å². The average Bonchev–Trinajstić information content (AvgIpc) is 2.49. The number of fused-ring (bicyclic) bond motifs is 2. The smallest absolute Gasteiger partial charge is 0.303 e. The van der Waals surface area contributed by atoms with Crippen molar-refractivity contribution < 1.29 is 9.90 Å². The van der Waals surface area contributed by atoms with Crippen LogP contribution in [0.4, 0.5) is 0 Å². The molecule has 1 atom stereocenters. The van der Waals surface area contributed by atoms with Gasteiger partial charge in [-0.25, -0.2) is 0 Å². The number of aliphatic carboxylic acids is 1. The predicted molar refractivity (Wildman–Crippen MR) is 60.4 cm³/mol. The van der Waals surface area contributed by atoms with Crippen LogP contribution in [0.25, 0.3) is 0 Å². The van der Waals surface area contributed by atoms with E-state index in [1.807, 2.05) is 6.07 Å². The van der Waals surface area contributed by atoms with E-state index in [1.165, 1.54) is 11.1 Å². The van der Waals surface area contributed by atoms with Crippen molar-refractivity contribution in [3.63, 3.8) is 0 Å². The van der Waals surface area contributed by atoms with E-state index in [-0.39, 0.29) is 17.8 Å². The van der Waals surface area contributed by atoms with E-state index in [9.17, 15) is 4.79 Å². The lowest BCUT2D eigenvalue weighted by atomic mass is 9.69. The molecule has 0 radical (unpaired) electrons. The standard InChI is InChI=1S/C13H15NO2/c15-12(16)6-10-5-9-3-1-2-4-11(9)13(10)7-14-8-13/h1-4,10,14H,5-8H2,(H,15,16). The molecular formula is C13H15NO2. The Morgan fingerprint density at radius 1 is 1.44 bits per heavy atom. The Morgan fingerprint density at radius 2 is 2.19 bits per heavy atom. The Morgan fingerprint density at radius 3 is 2.81 bits per heavy atom. The summed E-state index contributed by atoms with van der Waals surface area (Å²) in [7, 11) is 0. The first-order valence-corrected chi connectivity index (χ1v) is 5.73. The van der Waals surface area contributed by atoms with Crippen molar-refractivity contribution in [2.75, 3.05) is 13.1 Å². The van der Waals surface area contributed by atoms with Gasteiger partial charge >= 0.3 is 5.97 Å². The fourth-order valence-electron chi connectivity index (χ4n) is 3.22. The highest BCUT2D eigenvalue weighted by atomic mass is 16.4. The summed E-state index contributed by atoms with van der Waals surface area (Å²) in [5.74, 6) is -0.410. The molecule has 1 unspecified atom stereocenters. The van der Waals surface area contributed by atoms with Crippen LogP contribution in [-0.4, -0.2) is 24.2 Å². The summed E-state index contributed by atoms with van der Waals surface area (Å²) in [6.07, 6.45) is 1.21. The predicted octanol–water partition coefficient (Wildman–Crippen LogP) is 1.17. The molecule has 2 N–H and O–H groups in total. The van der Waals surface area contributed by atoms with Crippen molar-refractivity contribution in [2.24, 2.45) is 5.92 Å². The van der Waals surface area contributed by atoms with Crippen LogP contribution in [0.15, 0.2) is 24.3 Å². The highest BCUT2D eigenvalue weighted by Crippen LogP contribution is 2.47. The van der Waals surface area contributed by atoms with E-state index in [1.54, 1.807) is 0 Å². The minimum Gasteiger partial charge on any atom is -0.481 e. The third-order valence-corrected chi connectivity index (χ3v) is 4.10. The molecule has 1 heterocycles. The third-order valence-electron chi connectivity index (χ3n) is 4.10. The molecule has 1 aromatic rings. The highest BCUT2D eigenvalue weighted by molar-refractivity contribution is 5.68. The number of carbonyl (C=O) groups is 1. The number of benzene rings is 1. The lowest BCUT2D eigenvalue weighted by Gasteiger charge is -2.45. The fraction of sp³-hybridized carbons (Fsp3) is 0.462. The number of hydrogen-bond acceptors (Lipinski definition) is 2. The van der Waals surface area contributed by atoms with Gasteiger partial charge in [0.2, 0.25) is 0 Å². The summed E-state index contributed by atoms with van der Waals surface area (Å²) < 4.78 is 0. The normalized spacial score (nSPS) is 25.1. The van der Waals surface area contributed by atoms with E-state index in [0.717, 1.165) is 19.5 Å². The number of hydrogen-bond donors (Lipinski definition) is 2. The molecule has 0 bridgehead atoms. The maximum atomic E-state index is 10.9. The second kappa shape index (κ2) is 3.32. The van der Waals surface area contributed by atoms with E-state index in [0.29, 0.717) is 0 Å². The summed E-state index contributed by atoms with van der Waals surface area (Å²) in [4.78, 5) is 10.9. The van der Waals surface area contributed by atoms with Gasteiger partial charge in [0, 0.05) is 24.9 Å². The molecule has 3 nitrogen and oxygen atoms in total. The zero-order chi connectivity index (χ0) is 11.2. The number of carboxylic acids is 1. The van der Waals surface area contributed by atoms with Crippen LogP contribution in [0.5, 0.6) is 0 Å². The maximum Gasteiger partial charge on any atom is 0.303 e. The zero-order valence-electron chi connectivity index (χ0n) is 9.07. The Kier molecular flexibility index (Phi) is 2.04. The van der Waals surface area contributed by atoms with Crippen molar-refractivity contribution in [3.8, 4) is 0 Å². The van der Waals surface area contributed by atoms with Crippen LogP contribution in [0.3, 0.4) is 0 Å². The van der Waals surface area contributed by atoms with Crippen molar-refractivity contribution in [1.82, 2.24) is 5.32 Å². The molecule has 0 aromatic heterocycles. The van der Waals surface area contributed by atoms with Crippen LogP contribution in [0.2, 0.25) is 0 Å². The second-order valence-electron chi connectivity index (χ2n) is 4.92. The first-order valence-electron chi connectivity index (χ1n) is 5.73. The largest absolute Gasteiger partial charge is 0.481 e. The summed E-state index contributed by atoms with van der Waals surface area (Å²) >= 11 is 0. The van der Waals surface area contributed by atoms with Gasteiger partial charge in [0.1, 0.15) is 0 Å². The third kappa shape index (κ3) is 1.21. The summed E-state index contributed by atoms with van der Waals surface area (Å²) in [5, 5.41) is 12.3. The van der Waals surface area contributed by atoms with E-state index < -0.39 is 5.97 Å². The lowest BCUT2D eigenvalue weighted by molar-refractivity contribution is -0.138. The van der Waals surface area contributed by atoms with Crippen molar-refractivity contribution >= 4 is 5.97 Å². The van der Waals surface area contributed by atoms with Crippen molar-refractivity contribution in [2.45, 2.75) is 18.3 Å². The quantitative estimate of drug-likeness (QED) is 0.782. The molecule has 3 heteroatoms. The van der Waals surface area contributed by atoms with Crippen LogP contribution in [-0.2, 0) is 16.6 Å². The number of nitrogens with one attached hydrogen (secondary N) is 1. The van der Waals surface area contributed by atoms with Crippen LogP contribution in [0.1, 0.15) is 17.5 Å². The fourth-order valence-corrected chi connectivity index (χ4v) is 3.22. The van der Waals surface area contributed by atoms with Gasteiger partial charge < -0.3 is 10.4 Å². The molecule has 1 aliphatic carbocycles. The van der Waals surface area contributed by atoms with E-state index in [2.05, 4.69) is 23.5 Å². The first-order chi connectivity index (χ1) is 7.72. The molecule has 1 aliphatic heterocycles. The molecule has 2 aliphatic rings. The molecule has 3 rings (SSSR count). The summed E-state index contributed by atoms with van der Waals surface area (Å²) in [5.41, 5.74) is 2.82. The molecule has 1 saturated heterocycles. The van der Waals surface area contributed by atoms with Crippen LogP contribution >= 0.6 is 0 Å². The van der Waals surface area contributed by atoms with Crippen LogP contribution in [0, 0.1) is 5.92 Å². The number of rotatable bonds is 2. The molecule has 0 saturated carbocycles. The first kappa shape index (κ1) is 9.85. The van der Waals surface area contributed by atoms with Crippen LogP contribution < -0.4 is 5.32 Å². The Hall–Kier alpha value is -1.35. The van der Waals surface area contributed by atoms with E-state index in [4.69, 9.17) is 5.11 Å². The Balaban J connectivity index is 1.98. The van der Waals surface area contributed by atoms with E-state index >= 15 is 0 Å². The highest BCUT2D eigenvalue weighted by Gasteiger charge is 2.50. The van der Waals surface area contributed by atoms with Gasteiger partial charge in [-0.2, -0.15) is 0 Å². The Labute approximate surface area is 94.5 Å². The summed E-state index contributed by atoms with van der Waals surface area (Å²) in [6.45, 7) is 1.86. The monoisotopic (exact) mass is 217 g/mol. The average molecular weight is 217 g/mol. The topological polar surface area (TPSA) is 49.3 Å². The lowest BCUT2D eigenvalue weighted by Crippen LogP contribution is -2.59. The number of carboxylic acid groups (broad SMARTS) is 1. The molecule has 1 fully saturated rings. The molecule has 84 valence electrons. The molecule has 0 amide bonds. The molecular weight excluding hydrogens is 202 g/mol. The van der Waals surface area contributed by atoms with Crippen molar-refractivity contribution in [3.05, 3.63) is 35.4 Å². The minimum atomic E-state index is -0.677. The van der Waals surface area contributed by atoms with Gasteiger partial charge in [-0.1, -0.05) is 24.3 Å². The SMILES string of the molecule is O=C(O)CC1Cc2ccccc2C12CNC2. The van der Waals surface area contributed by atoms with Gasteiger partial charge in [0.15, 0.2) is 0 Å². The maximum absolute atomic E-state index is 10.9. The second-order valence-corrected chi connectivity index (χ2v) is 4.92. The molecule has 1 spiro atoms. The molecule has 1 aromatic carbocycles. The van der Waals surface area contributed by atoms with Gasteiger partial charge in [-0.15, -0.1) is 0 Å². The zero-order valence-corrected chi connectivity index (χ0v) is 9.07. The van der Waals surface area contributed by atoms with Gasteiger partial charge in [0.25, 0.3) is 0 Å². The van der Waals surface area contributed by atoms with Gasteiger partial charge in [0.05, 0.1) is 0 Å². The van der Waals surface area contributed by atoms with Gasteiger partial charge in [-0.05, 0) is 23.5 Å².